The molecule has 0 bridgehead atoms. The first-order valence-electron chi connectivity index (χ1n) is 9.77. The van der Waals surface area contributed by atoms with E-state index >= 15 is 0 Å². The molecule has 0 spiro atoms. The number of phenols is 2. The van der Waals surface area contributed by atoms with Gasteiger partial charge in [-0.2, -0.15) is 5.26 Å². The standard InChI is InChI=1S/C22H29NO3/c1-20(2)7-5-8-21(3)18(20)6-9-22(4)19(21)14(12-23)13-10-15(24)16(25)11-17(13)26-22/h10-11,14,18-19,24-25H,5-9H2,1-4H3/t14-,18+,19-,21+,22+/m1/s1. The number of hydrogen-bond donors (Lipinski definition) is 2. The summed E-state index contributed by atoms with van der Waals surface area (Å²) in [5, 5.41) is 30.1. The highest BCUT2D eigenvalue weighted by Crippen LogP contribution is 2.67. The number of nitrogens with zero attached hydrogens (tertiary/aromatic N) is 1. The monoisotopic (exact) mass is 355 g/mol. The Labute approximate surface area is 155 Å². The minimum absolute atomic E-state index is 0.0281. The van der Waals surface area contributed by atoms with Crippen LogP contribution < -0.4 is 4.74 Å². The van der Waals surface area contributed by atoms with Crippen LogP contribution in [-0.2, 0) is 0 Å². The van der Waals surface area contributed by atoms with Crippen molar-refractivity contribution in [3.05, 3.63) is 17.7 Å². The number of phenolic OH excluding ortho intramolecular Hbond substituents is 2. The molecular weight excluding hydrogens is 326 g/mol. The van der Waals surface area contributed by atoms with Gasteiger partial charge in [0.2, 0.25) is 0 Å². The molecule has 4 heteroatoms. The van der Waals surface area contributed by atoms with Gasteiger partial charge in [0.25, 0.3) is 0 Å². The maximum Gasteiger partial charge on any atom is 0.161 e. The van der Waals surface area contributed by atoms with Crippen LogP contribution in [0.5, 0.6) is 17.2 Å². The Balaban J connectivity index is 1.89. The Kier molecular flexibility index (Phi) is 3.58. The van der Waals surface area contributed by atoms with Gasteiger partial charge in [-0.05, 0) is 55.4 Å². The Morgan fingerprint density at radius 2 is 1.77 bits per heavy atom. The average Bonchev–Trinajstić information content (AvgIpc) is 2.53. The first kappa shape index (κ1) is 17.5. The quantitative estimate of drug-likeness (QED) is 0.635. The summed E-state index contributed by atoms with van der Waals surface area (Å²) in [6.45, 7) is 9.25. The van der Waals surface area contributed by atoms with E-state index in [1.54, 1.807) is 0 Å². The highest BCUT2D eigenvalue weighted by atomic mass is 16.5. The third-order valence-corrected chi connectivity index (χ3v) is 7.83. The second-order valence-electron chi connectivity index (χ2n) is 9.82. The Morgan fingerprint density at radius 1 is 1.08 bits per heavy atom. The zero-order valence-corrected chi connectivity index (χ0v) is 16.2. The molecule has 0 radical (unpaired) electrons. The lowest BCUT2D eigenvalue weighted by Crippen LogP contribution is -2.62. The second kappa shape index (κ2) is 5.31. The molecular formula is C22H29NO3. The smallest absolute Gasteiger partial charge is 0.161 e. The molecule has 2 saturated carbocycles. The SMILES string of the molecule is CC1(C)CCC[C@]2(C)[C@H]3[C@H](C#N)c4cc(O)c(O)cc4O[C@@]3(C)CC[C@@H]12. The molecule has 26 heavy (non-hydrogen) atoms. The first-order valence-corrected chi connectivity index (χ1v) is 9.77. The lowest BCUT2D eigenvalue weighted by Gasteiger charge is -2.64. The lowest BCUT2D eigenvalue weighted by molar-refractivity contribution is -0.167. The van der Waals surface area contributed by atoms with Crippen molar-refractivity contribution in [1.29, 1.82) is 5.26 Å². The van der Waals surface area contributed by atoms with Crippen LogP contribution in [0.15, 0.2) is 12.1 Å². The van der Waals surface area contributed by atoms with Crippen LogP contribution in [0.1, 0.15) is 71.3 Å². The van der Waals surface area contributed by atoms with E-state index in [4.69, 9.17) is 4.74 Å². The summed E-state index contributed by atoms with van der Waals surface area (Å²) in [6.07, 6.45) is 5.55. The van der Waals surface area contributed by atoms with Crippen molar-refractivity contribution < 1.29 is 14.9 Å². The summed E-state index contributed by atoms with van der Waals surface area (Å²) in [5.74, 6) is 0.474. The molecule has 4 rings (SSSR count). The lowest BCUT2D eigenvalue weighted by atomic mass is 9.43. The fourth-order valence-electron chi connectivity index (χ4n) is 6.87. The molecule has 0 saturated heterocycles. The van der Waals surface area contributed by atoms with Gasteiger partial charge >= 0.3 is 0 Å². The van der Waals surface area contributed by atoms with Crippen molar-refractivity contribution in [2.75, 3.05) is 0 Å². The molecule has 0 aromatic heterocycles. The number of fused-ring (bicyclic) bond motifs is 4. The van der Waals surface area contributed by atoms with Gasteiger partial charge in [-0.1, -0.05) is 27.2 Å². The Hall–Kier alpha value is -1.89. The van der Waals surface area contributed by atoms with E-state index in [0.29, 0.717) is 11.7 Å². The summed E-state index contributed by atoms with van der Waals surface area (Å²) in [5.41, 5.74) is 0.595. The van der Waals surface area contributed by atoms with Gasteiger partial charge in [0.15, 0.2) is 11.5 Å². The minimum atomic E-state index is -0.421. The van der Waals surface area contributed by atoms with Crippen LogP contribution in [0.25, 0.3) is 0 Å². The molecule has 2 aliphatic carbocycles. The molecule has 1 aromatic carbocycles. The van der Waals surface area contributed by atoms with E-state index in [0.717, 1.165) is 24.8 Å². The third-order valence-electron chi connectivity index (χ3n) is 7.83. The predicted octanol–water partition coefficient (Wildman–Crippen LogP) is 5.10. The van der Waals surface area contributed by atoms with Crippen molar-refractivity contribution in [3.8, 4) is 23.3 Å². The molecule has 140 valence electrons. The molecule has 1 aliphatic heterocycles. The van der Waals surface area contributed by atoms with Gasteiger partial charge in [-0.15, -0.1) is 0 Å². The number of benzene rings is 1. The fourth-order valence-corrected chi connectivity index (χ4v) is 6.87. The zero-order valence-electron chi connectivity index (χ0n) is 16.2. The number of nitriles is 1. The highest BCUT2D eigenvalue weighted by molar-refractivity contribution is 5.54. The van der Waals surface area contributed by atoms with Gasteiger partial charge < -0.3 is 14.9 Å². The van der Waals surface area contributed by atoms with Crippen LogP contribution in [0, 0.1) is 34.0 Å². The molecule has 2 fully saturated rings. The predicted molar refractivity (Wildman–Crippen MR) is 99.1 cm³/mol. The van der Waals surface area contributed by atoms with Crippen LogP contribution in [0.3, 0.4) is 0 Å². The number of hydrogen-bond acceptors (Lipinski definition) is 4. The van der Waals surface area contributed by atoms with Gasteiger partial charge in [0.1, 0.15) is 11.4 Å². The van der Waals surface area contributed by atoms with Gasteiger partial charge in [-0.25, -0.2) is 0 Å². The van der Waals surface area contributed by atoms with Crippen LogP contribution in [0.4, 0.5) is 0 Å². The highest BCUT2D eigenvalue weighted by Gasteiger charge is 2.63. The van der Waals surface area contributed by atoms with Crippen molar-refractivity contribution >= 4 is 0 Å². The zero-order chi connectivity index (χ0) is 18.9. The summed E-state index contributed by atoms with van der Waals surface area (Å²) in [6, 6.07) is 5.54. The summed E-state index contributed by atoms with van der Waals surface area (Å²) in [4.78, 5) is 0. The molecule has 0 amide bonds. The van der Waals surface area contributed by atoms with Crippen molar-refractivity contribution in [2.45, 2.75) is 71.3 Å². The largest absolute Gasteiger partial charge is 0.504 e. The maximum absolute atomic E-state index is 10.1. The summed E-state index contributed by atoms with van der Waals surface area (Å²) < 4.78 is 6.45. The molecule has 0 unspecified atom stereocenters. The Bertz CT molecular complexity index is 795. The summed E-state index contributed by atoms with van der Waals surface area (Å²) in [7, 11) is 0. The van der Waals surface area contributed by atoms with Gasteiger partial charge in [-0.3, -0.25) is 0 Å². The average molecular weight is 355 g/mol. The van der Waals surface area contributed by atoms with E-state index in [1.807, 2.05) is 0 Å². The molecule has 1 heterocycles. The summed E-state index contributed by atoms with van der Waals surface area (Å²) >= 11 is 0. The Morgan fingerprint density at radius 3 is 2.46 bits per heavy atom. The van der Waals surface area contributed by atoms with E-state index in [2.05, 4.69) is 33.8 Å². The van der Waals surface area contributed by atoms with Crippen LogP contribution in [-0.4, -0.2) is 15.8 Å². The molecule has 5 atom stereocenters. The molecule has 4 nitrogen and oxygen atoms in total. The van der Waals surface area contributed by atoms with Crippen molar-refractivity contribution in [1.82, 2.24) is 0 Å². The number of aromatic hydroxyl groups is 2. The maximum atomic E-state index is 10.1. The van der Waals surface area contributed by atoms with E-state index in [-0.39, 0.29) is 34.2 Å². The van der Waals surface area contributed by atoms with Gasteiger partial charge in [0.05, 0.1) is 12.0 Å². The normalized spacial score (nSPS) is 40.3. The topological polar surface area (TPSA) is 73.5 Å². The van der Waals surface area contributed by atoms with E-state index < -0.39 is 5.60 Å². The second-order valence-corrected chi connectivity index (χ2v) is 9.82. The fraction of sp³-hybridized carbons (Fsp3) is 0.682. The molecule has 2 N–H and O–H groups in total. The van der Waals surface area contributed by atoms with Crippen LogP contribution in [0.2, 0.25) is 0 Å². The number of ether oxygens (including phenoxy) is 1. The minimum Gasteiger partial charge on any atom is -0.504 e. The van der Waals surface area contributed by atoms with E-state index in [1.165, 1.54) is 25.0 Å². The molecule has 1 aromatic rings. The van der Waals surface area contributed by atoms with Crippen molar-refractivity contribution in [2.24, 2.45) is 22.7 Å². The molecule has 3 aliphatic rings. The first-order chi connectivity index (χ1) is 12.1. The van der Waals surface area contributed by atoms with Gasteiger partial charge in [0, 0.05) is 17.5 Å². The van der Waals surface area contributed by atoms with Crippen LogP contribution >= 0.6 is 0 Å². The third kappa shape index (κ3) is 2.19. The van der Waals surface area contributed by atoms with Crippen molar-refractivity contribution in [3.63, 3.8) is 0 Å². The van der Waals surface area contributed by atoms with E-state index in [9.17, 15) is 15.5 Å². The number of rotatable bonds is 0.